The molecule has 0 radical (unpaired) electrons. The number of hydrogen-bond donors (Lipinski definition) is 3. The number of primary amides is 1. The summed E-state index contributed by atoms with van der Waals surface area (Å²) in [6.07, 6.45) is 1.42. The second kappa shape index (κ2) is 7.52. The Labute approximate surface area is 118 Å². The number of nitrogens with one attached hydrogen (secondary N) is 1. The van der Waals surface area contributed by atoms with Gasteiger partial charge in [0.2, 0.25) is 5.91 Å². The van der Waals surface area contributed by atoms with Crippen molar-refractivity contribution in [2.45, 2.75) is 45.2 Å². The number of carbonyl (C=O) groups is 3. The molecule has 1 atom stereocenters. The predicted molar refractivity (Wildman–Crippen MR) is 75.0 cm³/mol. The van der Waals surface area contributed by atoms with Crippen LogP contribution in [0.4, 0.5) is 4.79 Å². The van der Waals surface area contributed by atoms with E-state index in [0.29, 0.717) is 0 Å². The van der Waals surface area contributed by atoms with Crippen LogP contribution >= 0.6 is 0 Å². The molecule has 1 unspecified atom stereocenters. The molecule has 0 aromatic carbocycles. The molecule has 0 saturated heterocycles. The van der Waals surface area contributed by atoms with Crippen LogP contribution in [0.25, 0.3) is 0 Å². The van der Waals surface area contributed by atoms with Crippen molar-refractivity contribution in [1.29, 1.82) is 0 Å². The molecular weight excluding hydrogens is 262 g/mol. The van der Waals surface area contributed by atoms with E-state index in [1.54, 1.807) is 6.08 Å². The maximum absolute atomic E-state index is 12.1. The van der Waals surface area contributed by atoms with E-state index < -0.39 is 29.5 Å². The normalized spacial score (nSPS) is 12.3. The van der Waals surface area contributed by atoms with Gasteiger partial charge < -0.3 is 21.1 Å². The fraction of sp³-hybridized carbons (Fsp3) is 0.615. The molecule has 114 valence electrons. The molecule has 0 rings (SSSR count). The summed E-state index contributed by atoms with van der Waals surface area (Å²) in [5.74, 6) is -1.81. The molecule has 0 aromatic rings. The minimum Gasteiger partial charge on any atom is -0.480 e. The average molecular weight is 285 g/mol. The molecule has 0 bridgehead atoms. The summed E-state index contributed by atoms with van der Waals surface area (Å²) in [4.78, 5) is 35.4. The number of rotatable bonds is 7. The Morgan fingerprint density at radius 2 is 1.95 bits per heavy atom. The number of amides is 3. The van der Waals surface area contributed by atoms with Crippen LogP contribution in [0.3, 0.4) is 0 Å². The van der Waals surface area contributed by atoms with Crippen molar-refractivity contribution in [1.82, 2.24) is 10.2 Å². The minimum absolute atomic E-state index is 0.0392. The van der Waals surface area contributed by atoms with Gasteiger partial charge in [0.15, 0.2) is 0 Å². The molecule has 0 fully saturated rings. The van der Waals surface area contributed by atoms with Crippen molar-refractivity contribution in [2.75, 3.05) is 6.54 Å². The van der Waals surface area contributed by atoms with Gasteiger partial charge in [0, 0.05) is 18.5 Å². The molecule has 7 nitrogen and oxygen atoms in total. The second-order valence-corrected chi connectivity index (χ2v) is 5.42. The number of aliphatic carboxylic acids is 1. The van der Waals surface area contributed by atoms with Crippen LogP contribution in [0.2, 0.25) is 0 Å². The Bertz CT molecular complexity index is 388. The third kappa shape index (κ3) is 6.21. The van der Waals surface area contributed by atoms with Gasteiger partial charge in [-0.1, -0.05) is 6.08 Å². The zero-order chi connectivity index (χ0) is 15.9. The van der Waals surface area contributed by atoms with Crippen LogP contribution < -0.4 is 11.1 Å². The highest BCUT2D eigenvalue weighted by molar-refractivity contribution is 5.83. The van der Waals surface area contributed by atoms with Gasteiger partial charge in [-0.05, 0) is 27.2 Å². The summed E-state index contributed by atoms with van der Waals surface area (Å²) in [5, 5.41) is 11.4. The second-order valence-electron chi connectivity index (χ2n) is 5.42. The van der Waals surface area contributed by atoms with E-state index in [1.165, 1.54) is 4.90 Å². The zero-order valence-corrected chi connectivity index (χ0v) is 12.2. The van der Waals surface area contributed by atoms with Crippen LogP contribution in [0.15, 0.2) is 12.7 Å². The van der Waals surface area contributed by atoms with E-state index in [1.807, 2.05) is 20.8 Å². The number of hydrogen-bond acceptors (Lipinski definition) is 3. The highest BCUT2D eigenvalue weighted by Gasteiger charge is 2.29. The van der Waals surface area contributed by atoms with E-state index in [0.717, 1.165) is 0 Å². The number of carbonyl (C=O) groups excluding carboxylic acids is 2. The third-order valence-electron chi connectivity index (χ3n) is 2.64. The summed E-state index contributed by atoms with van der Waals surface area (Å²) < 4.78 is 0. The number of nitrogens with zero attached hydrogens (tertiary/aromatic N) is 1. The fourth-order valence-corrected chi connectivity index (χ4v) is 1.56. The average Bonchev–Trinajstić information content (AvgIpc) is 2.28. The molecule has 0 aromatic heterocycles. The number of urea groups is 1. The molecule has 0 aliphatic carbocycles. The number of carboxylic acid groups (broad SMARTS) is 1. The number of nitrogens with two attached hydrogens (primary N) is 1. The SMILES string of the molecule is C=CCN(C(=O)NC(CCC(N)=O)C(=O)O)C(C)(C)C. The van der Waals surface area contributed by atoms with E-state index >= 15 is 0 Å². The summed E-state index contributed by atoms with van der Waals surface area (Å²) in [5.41, 5.74) is 4.50. The molecule has 0 aliphatic rings. The molecule has 4 N–H and O–H groups in total. The van der Waals surface area contributed by atoms with Gasteiger partial charge in [0.05, 0.1) is 0 Å². The van der Waals surface area contributed by atoms with Crippen molar-refractivity contribution in [3.05, 3.63) is 12.7 Å². The van der Waals surface area contributed by atoms with Gasteiger partial charge in [-0.15, -0.1) is 6.58 Å². The first-order valence-electron chi connectivity index (χ1n) is 6.29. The molecule has 0 saturated carbocycles. The minimum atomic E-state index is -1.20. The van der Waals surface area contributed by atoms with Gasteiger partial charge >= 0.3 is 12.0 Å². The van der Waals surface area contributed by atoms with Gasteiger partial charge in [-0.25, -0.2) is 9.59 Å². The van der Waals surface area contributed by atoms with E-state index in [9.17, 15) is 14.4 Å². The Morgan fingerprint density at radius 1 is 1.40 bits per heavy atom. The molecule has 0 aliphatic heterocycles. The topological polar surface area (TPSA) is 113 Å². The summed E-state index contributed by atoms with van der Waals surface area (Å²) in [6.45, 7) is 9.35. The van der Waals surface area contributed by atoms with Crippen LogP contribution in [-0.2, 0) is 9.59 Å². The lowest BCUT2D eigenvalue weighted by atomic mass is 10.1. The van der Waals surface area contributed by atoms with Gasteiger partial charge in [-0.3, -0.25) is 4.79 Å². The zero-order valence-electron chi connectivity index (χ0n) is 12.2. The summed E-state index contributed by atoms with van der Waals surface area (Å²) in [7, 11) is 0. The first kappa shape index (κ1) is 17.9. The van der Waals surface area contributed by atoms with Crippen molar-refractivity contribution >= 4 is 17.9 Å². The first-order chi connectivity index (χ1) is 9.09. The molecule has 3 amide bonds. The number of carboxylic acids is 1. The highest BCUT2D eigenvalue weighted by Crippen LogP contribution is 2.13. The predicted octanol–water partition coefficient (Wildman–Crippen LogP) is 0.701. The van der Waals surface area contributed by atoms with Crippen molar-refractivity contribution in [2.24, 2.45) is 5.73 Å². The summed E-state index contributed by atoms with van der Waals surface area (Å²) in [6, 6.07) is -1.67. The molecule has 7 heteroatoms. The Kier molecular flexibility index (Phi) is 6.75. The van der Waals surface area contributed by atoms with E-state index in [4.69, 9.17) is 10.8 Å². The maximum Gasteiger partial charge on any atom is 0.326 e. The Balaban J connectivity index is 4.83. The van der Waals surface area contributed by atoms with Crippen LogP contribution in [0.1, 0.15) is 33.6 Å². The van der Waals surface area contributed by atoms with Crippen molar-refractivity contribution in [3.63, 3.8) is 0 Å². The summed E-state index contributed by atoms with van der Waals surface area (Å²) >= 11 is 0. The van der Waals surface area contributed by atoms with E-state index in [-0.39, 0.29) is 19.4 Å². The molecule has 0 heterocycles. The van der Waals surface area contributed by atoms with Crippen LogP contribution in [-0.4, -0.2) is 46.0 Å². The quantitative estimate of drug-likeness (QED) is 0.597. The smallest absolute Gasteiger partial charge is 0.326 e. The largest absolute Gasteiger partial charge is 0.480 e. The highest BCUT2D eigenvalue weighted by atomic mass is 16.4. The van der Waals surface area contributed by atoms with Crippen LogP contribution in [0.5, 0.6) is 0 Å². The van der Waals surface area contributed by atoms with Gasteiger partial charge in [0.1, 0.15) is 6.04 Å². The van der Waals surface area contributed by atoms with Crippen molar-refractivity contribution < 1.29 is 19.5 Å². The maximum atomic E-state index is 12.1. The first-order valence-corrected chi connectivity index (χ1v) is 6.29. The van der Waals surface area contributed by atoms with Gasteiger partial charge in [-0.2, -0.15) is 0 Å². The monoisotopic (exact) mass is 285 g/mol. The Morgan fingerprint density at radius 3 is 2.30 bits per heavy atom. The van der Waals surface area contributed by atoms with Crippen LogP contribution in [0, 0.1) is 0 Å². The molecule has 0 spiro atoms. The molecular formula is C13H23N3O4. The van der Waals surface area contributed by atoms with E-state index in [2.05, 4.69) is 11.9 Å². The fourth-order valence-electron chi connectivity index (χ4n) is 1.56. The lowest BCUT2D eigenvalue weighted by Gasteiger charge is -2.35. The van der Waals surface area contributed by atoms with Gasteiger partial charge in [0.25, 0.3) is 0 Å². The Hall–Kier alpha value is -2.05. The standard InChI is InChI=1S/C13H23N3O4/c1-5-8-16(13(2,3)4)12(20)15-9(11(18)19)6-7-10(14)17/h5,9H,1,6-8H2,2-4H3,(H2,14,17)(H,15,20)(H,18,19). The third-order valence-corrected chi connectivity index (χ3v) is 2.64. The van der Waals surface area contributed by atoms with Crippen molar-refractivity contribution in [3.8, 4) is 0 Å². The lowest BCUT2D eigenvalue weighted by molar-refractivity contribution is -0.139. The lowest BCUT2D eigenvalue weighted by Crippen LogP contribution is -2.54. The molecule has 20 heavy (non-hydrogen) atoms.